The summed E-state index contributed by atoms with van der Waals surface area (Å²) in [5.41, 5.74) is 2.53. The number of halogens is 1. The Labute approximate surface area is 186 Å². The van der Waals surface area contributed by atoms with Gasteiger partial charge in [-0.05, 0) is 49.6 Å². The second kappa shape index (κ2) is 9.38. The molecule has 8 heteroatoms. The van der Waals surface area contributed by atoms with Crippen LogP contribution < -0.4 is 5.32 Å². The lowest BCUT2D eigenvalue weighted by atomic mass is 10.0. The van der Waals surface area contributed by atoms with Gasteiger partial charge in [0.1, 0.15) is 5.82 Å². The van der Waals surface area contributed by atoms with Gasteiger partial charge in [0.05, 0.1) is 0 Å². The van der Waals surface area contributed by atoms with Gasteiger partial charge in [-0.15, -0.1) is 0 Å². The molecule has 0 saturated carbocycles. The number of nitrogens with zero attached hydrogens (tertiary/aromatic N) is 3. The van der Waals surface area contributed by atoms with Gasteiger partial charge in [0.25, 0.3) is 0 Å². The number of likely N-dealkylation sites (tertiary alicyclic amines) is 1. The second-order valence-corrected chi connectivity index (χ2v) is 8.37. The number of carbonyl (C=O) groups is 3. The normalized spacial score (nSPS) is 17.6. The maximum atomic E-state index is 13.4. The lowest BCUT2D eigenvalue weighted by Crippen LogP contribution is -2.59. The molecule has 4 rings (SSSR count). The van der Waals surface area contributed by atoms with Gasteiger partial charge < -0.3 is 20.0 Å². The first-order chi connectivity index (χ1) is 15.4. The fourth-order valence-corrected chi connectivity index (χ4v) is 4.26. The summed E-state index contributed by atoms with van der Waals surface area (Å²) in [7, 11) is 0. The molecule has 0 bridgehead atoms. The predicted molar refractivity (Wildman–Crippen MR) is 118 cm³/mol. The quantitative estimate of drug-likeness (QED) is 0.746. The van der Waals surface area contributed by atoms with Crippen LogP contribution in [-0.4, -0.2) is 64.8 Å². The van der Waals surface area contributed by atoms with Crippen molar-refractivity contribution in [1.29, 1.82) is 0 Å². The summed E-state index contributed by atoms with van der Waals surface area (Å²) in [6.07, 6.45) is 1.26. The van der Waals surface area contributed by atoms with Gasteiger partial charge in [-0.1, -0.05) is 29.8 Å². The Hall–Kier alpha value is -3.42. The molecule has 2 aromatic rings. The number of amides is 4. The molecule has 0 unspecified atom stereocenters. The Morgan fingerprint density at radius 1 is 1.00 bits per heavy atom. The molecule has 2 aliphatic rings. The molecule has 0 aliphatic carbocycles. The number of anilines is 1. The summed E-state index contributed by atoms with van der Waals surface area (Å²) in [5.74, 6) is -1.44. The average molecular weight is 439 g/mol. The van der Waals surface area contributed by atoms with Gasteiger partial charge in [-0.2, -0.15) is 0 Å². The van der Waals surface area contributed by atoms with Crippen LogP contribution in [0, 0.1) is 12.7 Å². The smallest absolute Gasteiger partial charge is 0.321 e. The summed E-state index contributed by atoms with van der Waals surface area (Å²) in [6, 6.07) is 13.5. The van der Waals surface area contributed by atoms with E-state index in [1.807, 2.05) is 31.2 Å². The molecule has 0 atom stereocenters. The van der Waals surface area contributed by atoms with Crippen molar-refractivity contribution in [3.63, 3.8) is 0 Å². The fourth-order valence-electron chi connectivity index (χ4n) is 4.26. The van der Waals surface area contributed by atoms with Crippen LogP contribution in [0.15, 0.2) is 48.5 Å². The number of nitrogens with one attached hydrogen (secondary N) is 1. The van der Waals surface area contributed by atoms with Crippen LogP contribution in [0.4, 0.5) is 14.9 Å². The third kappa shape index (κ3) is 4.90. The fraction of sp³-hybridized carbons (Fsp3) is 0.375. The standard InChI is InChI=1S/C24H27FN4O3/c1-17-5-7-20(8-6-17)26-24(32)27-11-9-21(10-12-27)29-14-13-28(22(30)23(29)31)16-18-3-2-4-19(25)15-18/h2-8,15,21H,9-14,16H2,1H3,(H,26,32). The summed E-state index contributed by atoms with van der Waals surface area (Å²) in [5, 5.41) is 2.90. The monoisotopic (exact) mass is 438 g/mol. The van der Waals surface area contributed by atoms with Crippen molar-refractivity contribution in [2.75, 3.05) is 31.5 Å². The van der Waals surface area contributed by atoms with Crippen molar-refractivity contribution in [1.82, 2.24) is 14.7 Å². The second-order valence-electron chi connectivity index (χ2n) is 8.37. The van der Waals surface area contributed by atoms with Crippen LogP contribution in [0.25, 0.3) is 0 Å². The van der Waals surface area contributed by atoms with E-state index in [9.17, 15) is 18.8 Å². The van der Waals surface area contributed by atoms with E-state index in [2.05, 4.69) is 5.32 Å². The Bertz CT molecular complexity index is 1000. The van der Waals surface area contributed by atoms with Crippen LogP contribution in [0.2, 0.25) is 0 Å². The maximum absolute atomic E-state index is 13.4. The lowest BCUT2D eigenvalue weighted by Gasteiger charge is -2.42. The number of hydrogen-bond acceptors (Lipinski definition) is 3. The molecule has 0 spiro atoms. The molecule has 0 radical (unpaired) electrons. The molecule has 2 heterocycles. The largest absolute Gasteiger partial charge is 0.330 e. The number of benzene rings is 2. The van der Waals surface area contributed by atoms with Gasteiger partial charge in [-0.3, -0.25) is 9.59 Å². The SMILES string of the molecule is Cc1ccc(NC(=O)N2CCC(N3CCN(Cc4cccc(F)c4)C(=O)C3=O)CC2)cc1. The van der Waals surface area contributed by atoms with E-state index in [1.54, 1.807) is 21.9 Å². The molecule has 1 N–H and O–H groups in total. The number of hydrogen-bond donors (Lipinski definition) is 1. The van der Waals surface area contributed by atoms with Crippen molar-refractivity contribution in [2.45, 2.75) is 32.4 Å². The Balaban J connectivity index is 1.29. The molecule has 4 amide bonds. The minimum atomic E-state index is -0.556. The first kappa shape index (κ1) is 21.8. The van der Waals surface area contributed by atoms with E-state index >= 15 is 0 Å². The number of rotatable bonds is 4. The number of aryl methyl sites for hydroxylation is 1. The maximum Gasteiger partial charge on any atom is 0.321 e. The highest BCUT2D eigenvalue weighted by atomic mass is 19.1. The zero-order valence-corrected chi connectivity index (χ0v) is 18.1. The van der Waals surface area contributed by atoms with E-state index in [0.717, 1.165) is 11.3 Å². The molecule has 7 nitrogen and oxygen atoms in total. The Morgan fingerprint density at radius 2 is 1.72 bits per heavy atom. The first-order valence-corrected chi connectivity index (χ1v) is 10.9. The predicted octanol–water partition coefficient (Wildman–Crippen LogP) is 3.00. The summed E-state index contributed by atoms with van der Waals surface area (Å²) < 4.78 is 13.4. The highest BCUT2D eigenvalue weighted by molar-refractivity contribution is 6.35. The first-order valence-electron chi connectivity index (χ1n) is 10.9. The molecule has 168 valence electrons. The summed E-state index contributed by atoms with van der Waals surface area (Å²) >= 11 is 0. The molecular formula is C24H27FN4O3. The van der Waals surface area contributed by atoms with Gasteiger partial charge in [0.2, 0.25) is 0 Å². The van der Waals surface area contributed by atoms with Crippen LogP contribution in [-0.2, 0) is 16.1 Å². The van der Waals surface area contributed by atoms with Gasteiger partial charge in [0.15, 0.2) is 0 Å². The number of piperidine rings is 1. The van der Waals surface area contributed by atoms with E-state index < -0.39 is 11.8 Å². The molecule has 32 heavy (non-hydrogen) atoms. The van der Waals surface area contributed by atoms with E-state index in [0.29, 0.717) is 44.6 Å². The van der Waals surface area contributed by atoms with Crippen LogP contribution in [0.1, 0.15) is 24.0 Å². The molecule has 0 aromatic heterocycles. The minimum absolute atomic E-state index is 0.0637. The average Bonchev–Trinajstić information content (AvgIpc) is 2.79. The third-order valence-electron chi connectivity index (χ3n) is 6.10. The van der Waals surface area contributed by atoms with E-state index in [1.165, 1.54) is 17.0 Å². The molecular weight excluding hydrogens is 411 g/mol. The zero-order chi connectivity index (χ0) is 22.7. The molecule has 2 aromatic carbocycles. The van der Waals surface area contributed by atoms with Crippen LogP contribution in [0.5, 0.6) is 0 Å². The zero-order valence-electron chi connectivity index (χ0n) is 18.1. The van der Waals surface area contributed by atoms with Crippen molar-refractivity contribution >= 4 is 23.5 Å². The van der Waals surface area contributed by atoms with Crippen molar-refractivity contribution in [3.8, 4) is 0 Å². The summed E-state index contributed by atoms with van der Waals surface area (Å²) in [4.78, 5) is 42.8. The Morgan fingerprint density at radius 3 is 2.41 bits per heavy atom. The highest BCUT2D eigenvalue weighted by Gasteiger charge is 2.38. The topological polar surface area (TPSA) is 73.0 Å². The van der Waals surface area contributed by atoms with Crippen molar-refractivity contribution in [3.05, 3.63) is 65.5 Å². The highest BCUT2D eigenvalue weighted by Crippen LogP contribution is 2.21. The van der Waals surface area contributed by atoms with Crippen molar-refractivity contribution < 1.29 is 18.8 Å². The number of urea groups is 1. The van der Waals surface area contributed by atoms with Gasteiger partial charge >= 0.3 is 17.8 Å². The van der Waals surface area contributed by atoms with Crippen LogP contribution >= 0.6 is 0 Å². The number of carbonyl (C=O) groups excluding carboxylic acids is 3. The minimum Gasteiger partial charge on any atom is -0.330 e. The lowest BCUT2D eigenvalue weighted by molar-refractivity contribution is -0.158. The van der Waals surface area contributed by atoms with Crippen molar-refractivity contribution in [2.24, 2.45) is 0 Å². The molecule has 2 saturated heterocycles. The third-order valence-corrected chi connectivity index (χ3v) is 6.10. The van der Waals surface area contributed by atoms with Gasteiger partial charge in [-0.25, -0.2) is 9.18 Å². The summed E-state index contributed by atoms with van der Waals surface area (Å²) in [6.45, 7) is 4.10. The van der Waals surface area contributed by atoms with E-state index in [-0.39, 0.29) is 24.4 Å². The van der Waals surface area contributed by atoms with Crippen LogP contribution in [0.3, 0.4) is 0 Å². The molecule has 2 fully saturated rings. The number of piperazine rings is 1. The molecule has 2 aliphatic heterocycles. The Kier molecular flexibility index (Phi) is 6.39. The van der Waals surface area contributed by atoms with Gasteiger partial charge in [0, 0.05) is 44.5 Å². The van der Waals surface area contributed by atoms with E-state index in [4.69, 9.17) is 0 Å².